The summed E-state index contributed by atoms with van der Waals surface area (Å²) in [5.41, 5.74) is 5.53. The fraction of sp³-hybridized carbons (Fsp3) is 0.900. The van der Waals surface area contributed by atoms with Crippen LogP contribution >= 0.6 is 0 Å². The van der Waals surface area contributed by atoms with Gasteiger partial charge in [0.15, 0.2) is 0 Å². The van der Waals surface area contributed by atoms with E-state index in [-0.39, 0.29) is 17.5 Å². The van der Waals surface area contributed by atoms with E-state index in [4.69, 9.17) is 5.73 Å². The van der Waals surface area contributed by atoms with Crippen LogP contribution in [0.25, 0.3) is 0 Å². The summed E-state index contributed by atoms with van der Waals surface area (Å²) in [7, 11) is 0. The molecular formula is C10H21N3O. The van der Waals surface area contributed by atoms with Gasteiger partial charge in [0.2, 0.25) is 5.91 Å². The molecular weight excluding hydrogens is 178 g/mol. The highest BCUT2D eigenvalue weighted by molar-refractivity contribution is 5.78. The fourth-order valence-corrected chi connectivity index (χ4v) is 1.45. The molecule has 0 bridgehead atoms. The Bertz CT molecular complexity index is 209. The lowest BCUT2D eigenvalue weighted by molar-refractivity contribution is -0.124. The summed E-state index contributed by atoms with van der Waals surface area (Å²) in [5, 5.41) is 3.00. The van der Waals surface area contributed by atoms with Crippen LogP contribution in [0.15, 0.2) is 0 Å². The first kappa shape index (κ1) is 11.5. The van der Waals surface area contributed by atoms with Gasteiger partial charge >= 0.3 is 0 Å². The summed E-state index contributed by atoms with van der Waals surface area (Å²) in [6.45, 7) is 8.32. The van der Waals surface area contributed by atoms with Crippen LogP contribution in [0.3, 0.4) is 0 Å². The molecule has 0 aromatic heterocycles. The van der Waals surface area contributed by atoms with Crippen LogP contribution in [0.1, 0.15) is 27.2 Å². The second-order valence-corrected chi connectivity index (χ2v) is 4.74. The third kappa shape index (κ3) is 3.27. The maximum atomic E-state index is 11.5. The Labute approximate surface area is 85.8 Å². The molecule has 0 radical (unpaired) electrons. The maximum Gasteiger partial charge on any atom is 0.234 e. The zero-order valence-electron chi connectivity index (χ0n) is 9.34. The van der Waals surface area contributed by atoms with Crippen LogP contribution in [0, 0.1) is 0 Å². The van der Waals surface area contributed by atoms with E-state index < -0.39 is 0 Å². The number of likely N-dealkylation sites (tertiary alicyclic amines) is 1. The molecule has 1 heterocycles. The molecule has 0 aliphatic carbocycles. The molecule has 1 amide bonds. The average molecular weight is 199 g/mol. The van der Waals surface area contributed by atoms with E-state index in [1.165, 1.54) is 0 Å². The Kier molecular flexibility index (Phi) is 3.50. The number of hydrogen-bond donors (Lipinski definition) is 2. The Hall–Kier alpha value is -0.610. The zero-order valence-corrected chi connectivity index (χ0v) is 9.34. The molecule has 1 aliphatic heterocycles. The van der Waals surface area contributed by atoms with Gasteiger partial charge in [-0.1, -0.05) is 6.92 Å². The zero-order chi connectivity index (χ0) is 10.8. The Morgan fingerprint density at radius 2 is 2.14 bits per heavy atom. The number of carbonyl (C=O) groups is 1. The van der Waals surface area contributed by atoms with Crippen molar-refractivity contribution in [1.29, 1.82) is 0 Å². The highest BCUT2D eigenvalue weighted by Crippen LogP contribution is 2.08. The van der Waals surface area contributed by atoms with Crippen molar-refractivity contribution in [3.8, 4) is 0 Å². The first-order chi connectivity index (χ1) is 6.43. The van der Waals surface area contributed by atoms with Crippen LogP contribution < -0.4 is 11.1 Å². The molecule has 0 saturated carbocycles. The topological polar surface area (TPSA) is 58.4 Å². The van der Waals surface area contributed by atoms with Crippen molar-refractivity contribution in [2.24, 2.45) is 5.73 Å². The van der Waals surface area contributed by atoms with Gasteiger partial charge in [-0.3, -0.25) is 9.69 Å². The Balaban J connectivity index is 2.22. The second kappa shape index (κ2) is 4.28. The molecule has 0 aromatic rings. The summed E-state index contributed by atoms with van der Waals surface area (Å²) in [6.07, 6.45) is 0.943. The largest absolute Gasteiger partial charge is 0.350 e. The average Bonchev–Trinajstić information content (AvgIpc) is 2.00. The number of rotatable bonds is 4. The van der Waals surface area contributed by atoms with Gasteiger partial charge in [0.1, 0.15) is 0 Å². The number of nitrogens with one attached hydrogen (secondary N) is 1. The Morgan fingerprint density at radius 3 is 2.57 bits per heavy atom. The number of amides is 1. The highest BCUT2D eigenvalue weighted by Gasteiger charge is 2.26. The predicted molar refractivity (Wildman–Crippen MR) is 56.9 cm³/mol. The summed E-state index contributed by atoms with van der Waals surface area (Å²) in [4.78, 5) is 13.6. The van der Waals surface area contributed by atoms with E-state index in [9.17, 15) is 4.79 Å². The van der Waals surface area contributed by atoms with Crippen molar-refractivity contribution < 1.29 is 4.79 Å². The van der Waals surface area contributed by atoms with Crippen molar-refractivity contribution in [2.75, 3.05) is 19.6 Å². The first-order valence-electron chi connectivity index (χ1n) is 5.22. The number of hydrogen-bond acceptors (Lipinski definition) is 3. The summed E-state index contributed by atoms with van der Waals surface area (Å²) >= 11 is 0. The van der Waals surface area contributed by atoms with E-state index >= 15 is 0 Å². The minimum atomic E-state index is -0.0932. The van der Waals surface area contributed by atoms with Gasteiger partial charge in [-0.25, -0.2) is 0 Å². The molecule has 0 unspecified atom stereocenters. The minimum absolute atomic E-state index is 0.0932. The van der Waals surface area contributed by atoms with Crippen molar-refractivity contribution in [3.63, 3.8) is 0 Å². The van der Waals surface area contributed by atoms with Crippen LogP contribution in [0.5, 0.6) is 0 Å². The number of carbonyl (C=O) groups excluding carboxylic acids is 1. The van der Waals surface area contributed by atoms with E-state index in [0.29, 0.717) is 6.54 Å². The van der Waals surface area contributed by atoms with Crippen molar-refractivity contribution in [2.45, 2.75) is 38.8 Å². The fourth-order valence-electron chi connectivity index (χ4n) is 1.45. The normalized spacial score (nSPS) is 19.1. The second-order valence-electron chi connectivity index (χ2n) is 4.74. The molecule has 1 fully saturated rings. The Morgan fingerprint density at radius 1 is 1.57 bits per heavy atom. The smallest absolute Gasteiger partial charge is 0.234 e. The molecule has 1 aliphatic rings. The minimum Gasteiger partial charge on any atom is -0.350 e. The van der Waals surface area contributed by atoms with Gasteiger partial charge in [-0.2, -0.15) is 0 Å². The molecule has 82 valence electrons. The third-order valence-electron chi connectivity index (χ3n) is 2.71. The first-order valence-corrected chi connectivity index (χ1v) is 5.22. The lowest BCUT2D eigenvalue weighted by Gasteiger charge is -2.37. The van der Waals surface area contributed by atoms with Gasteiger partial charge in [0.25, 0.3) is 0 Å². The number of nitrogens with two attached hydrogens (primary N) is 1. The van der Waals surface area contributed by atoms with Crippen LogP contribution in [0.2, 0.25) is 0 Å². The molecule has 0 atom stereocenters. The molecule has 14 heavy (non-hydrogen) atoms. The summed E-state index contributed by atoms with van der Waals surface area (Å²) < 4.78 is 0. The van der Waals surface area contributed by atoms with Crippen molar-refractivity contribution >= 4 is 5.91 Å². The van der Waals surface area contributed by atoms with Gasteiger partial charge in [-0.05, 0) is 20.3 Å². The quantitative estimate of drug-likeness (QED) is 0.666. The summed E-state index contributed by atoms with van der Waals surface area (Å²) in [5.74, 6) is 0.101. The van der Waals surface area contributed by atoms with Gasteiger partial charge in [-0.15, -0.1) is 0 Å². The predicted octanol–water partition coefficient (Wildman–Crippen LogP) is -0.0659. The number of nitrogens with zero attached hydrogens (tertiary/aromatic N) is 1. The van der Waals surface area contributed by atoms with Crippen molar-refractivity contribution in [3.05, 3.63) is 0 Å². The van der Waals surface area contributed by atoms with E-state index in [1.807, 2.05) is 13.8 Å². The summed E-state index contributed by atoms with van der Waals surface area (Å²) in [6, 6.07) is 0.266. The van der Waals surface area contributed by atoms with E-state index in [2.05, 4.69) is 17.1 Å². The molecule has 1 saturated heterocycles. The standard InChI is InChI=1S/C10H21N3O/c1-4-10(2,3)12-9(14)7-13-5-8(11)6-13/h8H,4-7,11H2,1-3H3,(H,12,14). The molecule has 0 spiro atoms. The van der Waals surface area contributed by atoms with Crippen LogP contribution in [0.4, 0.5) is 0 Å². The molecule has 4 heteroatoms. The van der Waals surface area contributed by atoms with Gasteiger partial charge in [0, 0.05) is 24.7 Å². The highest BCUT2D eigenvalue weighted by atomic mass is 16.2. The van der Waals surface area contributed by atoms with Gasteiger partial charge < -0.3 is 11.1 Å². The lowest BCUT2D eigenvalue weighted by atomic mass is 10.0. The van der Waals surface area contributed by atoms with Gasteiger partial charge in [0.05, 0.1) is 6.54 Å². The molecule has 4 nitrogen and oxygen atoms in total. The molecule has 0 aromatic carbocycles. The third-order valence-corrected chi connectivity index (χ3v) is 2.71. The molecule has 3 N–H and O–H groups in total. The maximum absolute atomic E-state index is 11.5. The monoisotopic (exact) mass is 199 g/mol. The SMILES string of the molecule is CCC(C)(C)NC(=O)CN1CC(N)C1. The van der Waals surface area contributed by atoms with E-state index in [1.54, 1.807) is 0 Å². The lowest BCUT2D eigenvalue weighted by Crippen LogP contribution is -2.59. The van der Waals surface area contributed by atoms with E-state index in [0.717, 1.165) is 19.5 Å². The van der Waals surface area contributed by atoms with Crippen molar-refractivity contribution in [1.82, 2.24) is 10.2 Å². The van der Waals surface area contributed by atoms with Crippen LogP contribution in [-0.4, -0.2) is 42.0 Å². The molecule has 1 rings (SSSR count). The van der Waals surface area contributed by atoms with Crippen LogP contribution in [-0.2, 0) is 4.79 Å².